The lowest BCUT2D eigenvalue weighted by Gasteiger charge is -2.05. The molecule has 2 N–H and O–H groups in total. The van der Waals surface area contributed by atoms with Gasteiger partial charge in [0.25, 0.3) is 0 Å². The first-order chi connectivity index (χ1) is 12.0. The summed E-state index contributed by atoms with van der Waals surface area (Å²) < 4.78 is 31.1. The number of hydrogen-bond donors (Lipinski definition) is 2. The molecule has 2 amide bonds. The van der Waals surface area contributed by atoms with Gasteiger partial charge in [-0.15, -0.1) is 0 Å². The molecule has 0 unspecified atom stereocenters. The standard InChI is InChI=1S/C17H13F2N3O2S/c1-24-12-5-2-10(3-6-12)15-9-20-17(25-15)22-16(23)21-11-4-7-13(18)14(19)8-11/h2-9H,1H3,(H2,20,21,22,23). The first kappa shape index (κ1) is 16.8. The average molecular weight is 361 g/mol. The normalized spacial score (nSPS) is 10.4. The van der Waals surface area contributed by atoms with E-state index in [2.05, 4.69) is 15.6 Å². The molecule has 0 aliphatic carbocycles. The maximum atomic E-state index is 13.1. The quantitative estimate of drug-likeness (QED) is 0.705. The Balaban J connectivity index is 1.65. The van der Waals surface area contributed by atoms with Gasteiger partial charge in [-0.2, -0.15) is 0 Å². The zero-order chi connectivity index (χ0) is 17.8. The lowest BCUT2D eigenvalue weighted by molar-refractivity contribution is 0.262. The number of urea groups is 1. The molecule has 2 aromatic carbocycles. The highest BCUT2D eigenvalue weighted by atomic mass is 32.1. The van der Waals surface area contributed by atoms with Gasteiger partial charge < -0.3 is 10.1 Å². The van der Waals surface area contributed by atoms with Crippen molar-refractivity contribution in [2.24, 2.45) is 0 Å². The van der Waals surface area contributed by atoms with Crippen LogP contribution in [0.5, 0.6) is 5.75 Å². The second-order valence-corrected chi connectivity index (χ2v) is 6.00. The fourth-order valence-corrected chi connectivity index (χ4v) is 2.87. The van der Waals surface area contributed by atoms with Gasteiger partial charge in [0.05, 0.1) is 12.0 Å². The Morgan fingerprint density at radius 2 is 1.84 bits per heavy atom. The molecule has 25 heavy (non-hydrogen) atoms. The zero-order valence-corrected chi connectivity index (χ0v) is 13.9. The number of carbonyl (C=O) groups excluding carboxylic acids is 1. The molecule has 0 saturated heterocycles. The number of benzene rings is 2. The summed E-state index contributed by atoms with van der Waals surface area (Å²) in [6.07, 6.45) is 1.64. The number of ether oxygens (including phenoxy) is 1. The predicted octanol–water partition coefficient (Wildman–Crippen LogP) is 4.74. The Kier molecular flexibility index (Phi) is 4.90. The molecular weight excluding hydrogens is 348 g/mol. The molecule has 0 bridgehead atoms. The van der Waals surface area contributed by atoms with Crippen LogP contribution in [0.3, 0.4) is 0 Å². The third-order valence-electron chi connectivity index (χ3n) is 3.28. The van der Waals surface area contributed by atoms with E-state index in [0.29, 0.717) is 5.13 Å². The van der Waals surface area contributed by atoms with Crippen molar-refractivity contribution < 1.29 is 18.3 Å². The maximum Gasteiger partial charge on any atom is 0.325 e. The van der Waals surface area contributed by atoms with Crippen molar-refractivity contribution in [3.05, 3.63) is 60.3 Å². The van der Waals surface area contributed by atoms with Crippen LogP contribution in [0.2, 0.25) is 0 Å². The van der Waals surface area contributed by atoms with Crippen molar-refractivity contribution in [2.45, 2.75) is 0 Å². The molecule has 5 nitrogen and oxygen atoms in total. The second-order valence-electron chi connectivity index (χ2n) is 4.97. The number of anilines is 2. The zero-order valence-electron chi connectivity index (χ0n) is 13.0. The molecule has 3 rings (SSSR count). The van der Waals surface area contributed by atoms with Crippen LogP contribution in [0.4, 0.5) is 24.4 Å². The van der Waals surface area contributed by atoms with E-state index in [9.17, 15) is 13.6 Å². The number of thiazole rings is 1. The SMILES string of the molecule is COc1ccc(-c2cnc(NC(=O)Nc3ccc(F)c(F)c3)s2)cc1. The second kappa shape index (κ2) is 7.27. The molecule has 1 aromatic heterocycles. The third-order valence-corrected chi connectivity index (χ3v) is 4.24. The molecular formula is C17H13F2N3O2S. The molecule has 128 valence electrons. The highest BCUT2D eigenvalue weighted by molar-refractivity contribution is 7.19. The van der Waals surface area contributed by atoms with Gasteiger partial charge in [0.15, 0.2) is 16.8 Å². The number of amides is 2. The monoisotopic (exact) mass is 361 g/mol. The minimum absolute atomic E-state index is 0.142. The van der Waals surface area contributed by atoms with Crippen LogP contribution in [-0.4, -0.2) is 18.1 Å². The first-order valence-electron chi connectivity index (χ1n) is 7.18. The number of carbonyl (C=O) groups is 1. The molecule has 0 aliphatic heterocycles. The fourth-order valence-electron chi connectivity index (χ4n) is 2.05. The number of rotatable bonds is 4. The molecule has 0 fully saturated rings. The van der Waals surface area contributed by atoms with Gasteiger partial charge in [0.2, 0.25) is 0 Å². The van der Waals surface area contributed by atoms with E-state index >= 15 is 0 Å². The smallest absolute Gasteiger partial charge is 0.325 e. The van der Waals surface area contributed by atoms with Gasteiger partial charge in [-0.3, -0.25) is 5.32 Å². The fraction of sp³-hybridized carbons (Fsp3) is 0.0588. The summed E-state index contributed by atoms with van der Waals surface area (Å²) in [5, 5.41) is 5.35. The van der Waals surface area contributed by atoms with Crippen molar-refractivity contribution in [1.29, 1.82) is 0 Å². The van der Waals surface area contributed by atoms with Crippen LogP contribution in [0, 0.1) is 11.6 Å². The first-order valence-corrected chi connectivity index (χ1v) is 8.00. The van der Waals surface area contributed by atoms with E-state index in [-0.39, 0.29) is 5.69 Å². The average Bonchev–Trinajstić information content (AvgIpc) is 3.06. The van der Waals surface area contributed by atoms with Crippen molar-refractivity contribution >= 4 is 28.2 Å². The van der Waals surface area contributed by atoms with Crippen molar-refractivity contribution in [1.82, 2.24) is 4.98 Å². The highest BCUT2D eigenvalue weighted by Crippen LogP contribution is 2.30. The predicted molar refractivity (Wildman–Crippen MR) is 93.1 cm³/mol. The summed E-state index contributed by atoms with van der Waals surface area (Å²) in [5.41, 5.74) is 1.08. The number of nitrogens with zero attached hydrogens (tertiary/aromatic N) is 1. The molecule has 0 radical (unpaired) electrons. The number of halogens is 2. The summed E-state index contributed by atoms with van der Waals surface area (Å²) in [4.78, 5) is 16.9. The van der Waals surface area contributed by atoms with Crippen LogP contribution in [0.1, 0.15) is 0 Å². The van der Waals surface area contributed by atoms with Gasteiger partial charge in [-0.05, 0) is 42.0 Å². The molecule has 3 aromatic rings. The Bertz CT molecular complexity index is 897. The van der Waals surface area contributed by atoms with Gasteiger partial charge in [-0.25, -0.2) is 18.6 Å². The third kappa shape index (κ3) is 4.10. The molecule has 1 heterocycles. The van der Waals surface area contributed by atoms with Crippen LogP contribution in [0.25, 0.3) is 10.4 Å². The number of nitrogens with one attached hydrogen (secondary N) is 2. The van der Waals surface area contributed by atoms with Crippen molar-refractivity contribution in [2.75, 3.05) is 17.7 Å². The van der Waals surface area contributed by atoms with Crippen LogP contribution in [0.15, 0.2) is 48.7 Å². The minimum Gasteiger partial charge on any atom is -0.497 e. The van der Waals surface area contributed by atoms with E-state index in [1.54, 1.807) is 13.3 Å². The Morgan fingerprint density at radius 3 is 2.52 bits per heavy atom. The summed E-state index contributed by atoms with van der Waals surface area (Å²) in [6, 6.07) is 9.95. The van der Waals surface area contributed by atoms with Gasteiger partial charge in [0, 0.05) is 18.0 Å². The van der Waals surface area contributed by atoms with Crippen molar-refractivity contribution in [3.63, 3.8) is 0 Å². The van der Waals surface area contributed by atoms with Gasteiger partial charge in [-0.1, -0.05) is 11.3 Å². The Morgan fingerprint density at radius 1 is 1.08 bits per heavy atom. The number of hydrogen-bond acceptors (Lipinski definition) is 4. The minimum atomic E-state index is -1.03. The Labute approximate surface area is 146 Å². The Hall–Kier alpha value is -3.00. The van der Waals surface area contributed by atoms with Crippen molar-refractivity contribution in [3.8, 4) is 16.2 Å². The highest BCUT2D eigenvalue weighted by Gasteiger charge is 2.10. The largest absolute Gasteiger partial charge is 0.497 e. The summed E-state index contributed by atoms with van der Waals surface area (Å²) >= 11 is 1.29. The van der Waals surface area contributed by atoms with Gasteiger partial charge in [0.1, 0.15) is 5.75 Å². The lowest BCUT2D eigenvalue weighted by Crippen LogP contribution is -2.19. The van der Waals surface area contributed by atoms with E-state index in [1.807, 2.05) is 24.3 Å². The lowest BCUT2D eigenvalue weighted by atomic mass is 10.2. The van der Waals surface area contributed by atoms with Crippen LogP contribution < -0.4 is 15.4 Å². The molecule has 8 heteroatoms. The molecule has 0 aliphatic rings. The van der Waals surface area contributed by atoms with E-state index in [0.717, 1.165) is 28.3 Å². The van der Waals surface area contributed by atoms with E-state index in [4.69, 9.17) is 4.74 Å². The van der Waals surface area contributed by atoms with E-state index < -0.39 is 17.7 Å². The summed E-state index contributed by atoms with van der Waals surface area (Å²) in [7, 11) is 1.59. The number of methoxy groups -OCH3 is 1. The summed E-state index contributed by atoms with van der Waals surface area (Å²) in [5.74, 6) is -1.26. The molecule has 0 saturated carbocycles. The maximum absolute atomic E-state index is 13.1. The summed E-state index contributed by atoms with van der Waals surface area (Å²) in [6.45, 7) is 0. The number of aromatic nitrogens is 1. The van der Waals surface area contributed by atoms with Gasteiger partial charge >= 0.3 is 6.03 Å². The van der Waals surface area contributed by atoms with Crippen LogP contribution in [-0.2, 0) is 0 Å². The van der Waals surface area contributed by atoms with E-state index in [1.165, 1.54) is 17.4 Å². The molecule has 0 spiro atoms. The van der Waals surface area contributed by atoms with Crippen LogP contribution >= 0.6 is 11.3 Å². The molecule has 0 atom stereocenters. The topological polar surface area (TPSA) is 63.2 Å².